The summed E-state index contributed by atoms with van der Waals surface area (Å²) in [5.74, 6) is 0.352. The van der Waals surface area contributed by atoms with E-state index in [1.54, 1.807) is 19.4 Å². The lowest BCUT2D eigenvalue weighted by molar-refractivity contribution is -0.137. The van der Waals surface area contributed by atoms with Gasteiger partial charge in [-0.1, -0.05) is 0 Å². The van der Waals surface area contributed by atoms with Gasteiger partial charge in [0.25, 0.3) is 0 Å². The van der Waals surface area contributed by atoms with E-state index in [0.29, 0.717) is 12.4 Å². The Hall–Kier alpha value is -1.89. The molecule has 0 aliphatic rings. The van der Waals surface area contributed by atoms with Crippen LogP contribution in [0.5, 0.6) is 0 Å². The van der Waals surface area contributed by atoms with E-state index in [-0.39, 0.29) is 0 Å². The van der Waals surface area contributed by atoms with Crippen LogP contribution in [0.3, 0.4) is 0 Å². The molecule has 0 unspecified atom stereocenters. The number of hydrogen-bond acceptors (Lipinski definition) is 3. The first-order chi connectivity index (χ1) is 8.50. The van der Waals surface area contributed by atoms with Gasteiger partial charge in [-0.3, -0.25) is 0 Å². The van der Waals surface area contributed by atoms with Crippen molar-refractivity contribution in [3.05, 3.63) is 41.9 Å². The van der Waals surface area contributed by atoms with Crippen molar-refractivity contribution < 1.29 is 13.2 Å². The monoisotopic (exact) mass is 256 g/mol. The molecule has 0 aliphatic carbocycles. The number of hydrogen-bond donors (Lipinski definition) is 1. The fourth-order valence-corrected chi connectivity index (χ4v) is 1.47. The van der Waals surface area contributed by atoms with Crippen LogP contribution in [0.15, 0.2) is 30.7 Å². The minimum Gasteiger partial charge on any atom is -0.316 e. The molecule has 0 aromatic carbocycles. The molecule has 0 saturated carbocycles. The molecule has 0 saturated heterocycles. The van der Waals surface area contributed by atoms with Crippen molar-refractivity contribution in [2.75, 3.05) is 7.05 Å². The Bertz CT molecular complexity index is 516. The maximum atomic E-state index is 12.4. The highest BCUT2D eigenvalue weighted by Crippen LogP contribution is 2.28. The van der Waals surface area contributed by atoms with Crippen molar-refractivity contribution in [1.29, 1.82) is 0 Å². The van der Waals surface area contributed by atoms with Crippen LogP contribution < -0.4 is 5.32 Å². The predicted molar refractivity (Wildman–Crippen MR) is 59.1 cm³/mol. The fraction of sp³-hybridized carbons (Fsp3) is 0.273. The molecule has 2 rings (SSSR count). The first-order valence-electron chi connectivity index (χ1n) is 5.22. The number of rotatable bonds is 3. The number of nitrogens with zero attached hydrogens (tertiary/aromatic N) is 3. The van der Waals surface area contributed by atoms with E-state index in [4.69, 9.17) is 0 Å². The molecule has 1 N–H and O–H groups in total. The van der Waals surface area contributed by atoms with Crippen molar-refractivity contribution in [1.82, 2.24) is 20.1 Å². The SMILES string of the molecule is CNCc1cnn(-c2ccc(C(F)(F)F)cn2)c1. The molecule has 0 atom stereocenters. The average molecular weight is 256 g/mol. The smallest absolute Gasteiger partial charge is 0.316 e. The summed E-state index contributed by atoms with van der Waals surface area (Å²) in [6.45, 7) is 0.640. The van der Waals surface area contributed by atoms with Gasteiger partial charge in [-0.15, -0.1) is 0 Å². The first kappa shape index (κ1) is 12.6. The van der Waals surface area contributed by atoms with E-state index in [1.165, 1.54) is 10.7 Å². The summed E-state index contributed by atoms with van der Waals surface area (Å²) in [6.07, 6.45) is -0.219. The first-order valence-corrected chi connectivity index (χ1v) is 5.22. The van der Waals surface area contributed by atoms with Gasteiger partial charge in [0.1, 0.15) is 0 Å². The number of alkyl halides is 3. The second-order valence-electron chi connectivity index (χ2n) is 3.73. The van der Waals surface area contributed by atoms with E-state index in [0.717, 1.165) is 17.8 Å². The molecule has 96 valence electrons. The molecule has 0 amide bonds. The highest BCUT2D eigenvalue weighted by Gasteiger charge is 2.30. The van der Waals surface area contributed by atoms with Gasteiger partial charge in [-0.25, -0.2) is 9.67 Å². The van der Waals surface area contributed by atoms with Gasteiger partial charge < -0.3 is 5.32 Å². The third kappa shape index (κ3) is 2.67. The van der Waals surface area contributed by atoms with Crippen LogP contribution in [-0.4, -0.2) is 21.8 Å². The normalized spacial score (nSPS) is 11.8. The van der Waals surface area contributed by atoms with E-state index < -0.39 is 11.7 Å². The van der Waals surface area contributed by atoms with Crippen molar-refractivity contribution in [2.45, 2.75) is 12.7 Å². The standard InChI is InChI=1S/C11H11F3N4/c1-15-4-8-5-17-18(7-8)10-3-2-9(6-16-10)11(12,13)14/h2-3,5-7,15H,4H2,1H3. The Morgan fingerprint density at radius 3 is 2.61 bits per heavy atom. The Labute approximate surface area is 101 Å². The van der Waals surface area contributed by atoms with E-state index in [2.05, 4.69) is 15.4 Å². The van der Waals surface area contributed by atoms with Crippen molar-refractivity contribution >= 4 is 0 Å². The quantitative estimate of drug-likeness (QED) is 0.913. The zero-order chi connectivity index (χ0) is 13.2. The lowest BCUT2D eigenvalue weighted by Crippen LogP contribution is -2.07. The van der Waals surface area contributed by atoms with Crippen molar-refractivity contribution in [3.63, 3.8) is 0 Å². The molecular formula is C11H11F3N4. The molecule has 0 fully saturated rings. The topological polar surface area (TPSA) is 42.7 Å². The van der Waals surface area contributed by atoms with Gasteiger partial charge >= 0.3 is 6.18 Å². The summed E-state index contributed by atoms with van der Waals surface area (Å²) in [7, 11) is 1.80. The summed E-state index contributed by atoms with van der Waals surface area (Å²) >= 11 is 0. The van der Waals surface area contributed by atoms with E-state index >= 15 is 0 Å². The van der Waals surface area contributed by atoms with Gasteiger partial charge in [0.15, 0.2) is 5.82 Å². The van der Waals surface area contributed by atoms with E-state index in [1.807, 2.05) is 0 Å². The molecule has 7 heteroatoms. The summed E-state index contributed by atoms with van der Waals surface area (Å²) in [5.41, 5.74) is 0.160. The second-order valence-corrected chi connectivity index (χ2v) is 3.73. The molecule has 2 aromatic heterocycles. The molecule has 18 heavy (non-hydrogen) atoms. The number of halogens is 3. The molecule has 0 spiro atoms. The van der Waals surface area contributed by atoms with Crippen molar-refractivity contribution in [3.8, 4) is 5.82 Å². The van der Waals surface area contributed by atoms with Gasteiger partial charge in [0.05, 0.1) is 11.8 Å². The highest BCUT2D eigenvalue weighted by atomic mass is 19.4. The molecule has 0 radical (unpaired) electrons. The second kappa shape index (κ2) is 4.77. The Balaban J connectivity index is 2.23. The van der Waals surface area contributed by atoms with E-state index in [9.17, 15) is 13.2 Å². The fourth-order valence-electron chi connectivity index (χ4n) is 1.47. The summed E-state index contributed by atoms with van der Waals surface area (Å²) in [5, 5.41) is 6.99. The Morgan fingerprint density at radius 1 is 1.28 bits per heavy atom. The van der Waals surface area contributed by atoms with Crippen LogP contribution in [0.1, 0.15) is 11.1 Å². The maximum absolute atomic E-state index is 12.4. The molecular weight excluding hydrogens is 245 g/mol. The largest absolute Gasteiger partial charge is 0.417 e. The minimum absolute atomic E-state index is 0.352. The zero-order valence-corrected chi connectivity index (χ0v) is 9.57. The lowest BCUT2D eigenvalue weighted by atomic mass is 10.3. The minimum atomic E-state index is -4.37. The number of nitrogens with one attached hydrogen (secondary N) is 1. The summed E-state index contributed by atoms with van der Waals surface area (Å²) in [4.78, 5) is 3.75. The lowest BCUT2D eigenvalue weighted by Gasteiger charge is -2.06. The van der Waals surface area contributed by atoms with Gasteiger partial charge in [0, 0.05) is 24.5 Å². The van der Waals surface area contributed by atoms with Crippen LogP contribution >= 0.6 is 0 Å². The van der Waals surface area contributed by atoms with Gasteiger partial charge in [0.2, 0.25) is 0 Å². The average Bonchev–Trinajstić information content (AvgIpc) is 2.77. The summed E-state index contributed by atoms with van der Waals surface area (Å²) in [6, 6.07) is 2.28. The van der Waals surface area contributed by atoms with Crippen LogP contribution in [-0.2, 0) is 12.7 Å². The third-order valence-corrected chi connectivity index (χ3v) is 2.33. The Morgan fingerprint density at radius 2 is 2.06 bits per heavy atom. The zero-order valence-electron chi connectivity index (χ0n) is 9.57. The molecule has 2 heterocycles. The van der Waals surface area contributed by atoms with Gasteiger partial charge in [-0.2, -0.15) is 18.3 Å². The molecule has 0 aliphatic heterocycles. The molecule has 2 aromatic rings. The highest BCUT2D eigenvalue weighted by molar-refractivity contribution is 5.26. The van der Waals surface area contributed by atoms with Crippen LogP contribution in [0.4, 0.5) is 13.2 Å². The van der Waals surface area contributed by atoms with Crippen LogP contribution in [0.2, 0.25) is 0 Å². The molecule has 4 nitrogen and oxygen atoms in total. The summed E-state index contributed by atoms with van der Waals surface area (Å²) < 4.78 is 38.5. The maximum Gasteiger partial charge on any atom is 0.417 e. The number of aromatic nitrogens is 3. The van der Waals surface area contributed by atoms with Crippen LogP contribution in [0, 0.1) is 0 Å². The van der Waals surface area contributed by atoms with Crippen LogP contribution in [0.25, 0.3) is 5.82 Å². The predicted octanol–water partition coefficient (Wildman–Crippen LogP) is 2.01. The Kier molecular flexibility index (Phi) is 3.33. The molecule has 0 bridgehead atoms. The third-order valence-electron chi connectivity index (χ3n) is 2.33. The van der Waals surface area contributed by atoms with Crippen molar-refractivity contribution in [2.24, 2.45) is 0 Å². The number of pyridine rings is 1. The van der Waals surface area contributed by atoms with Gasteiger partial charge in [-0.05, 0) is 19.2 Å².